The summed E-state index contributed by atoms with van der Waals surface area (Å²) in [6.45, 7) is 1.37. The van der Waals surface area contributed by atoms with E-state index in [0.29, 0.717) is 0 Å². The highest BCUT2D eigenvalue weighted by Crippen LogP contribution is 1.59. The van der Waals surface area contributed by atoms with Gasteiger partial charge in [-0.2, -0.15) is 0 Å². The summed E-state index contributed by atoms with van der Waals surface area (Å²) >= 11 is 0. The monoisotopic (exact) mass is 116 g/mol. The Morgan fingerprint density at radius 3 is 2.88 bits per heavy atom. The molecule has 0 bridgehead atoms. The van der Waals surface area contributed by atoms with Crippen LogP contribution in [0.5, 0.6) is 0 Å². The van der Waals surface area contributed by atoms with Crippen LogP contribution in [0.25, 0.3) is 0 Å². The number of rotatable bonds is 2. The number of hydrazone groups is 1. The van der Waals surface area contributed by atoms with Gasteiger partial charge in [0.15, 0.2) is 6.40 Å². The molecule has 0 aliphatic carbocycles. The fourth-order valence-corrected chi connectivity index (χ4v) is 0.170. The van der Waals surface area contributed by atoms with Crippen molar-refractivity contribution in [3.8, 4) is 0 Å². The lowest BCUT2D eigenvalue weighted by atomic mass is 10.8. The summed E-state index contributed by atoms with van der Waals surface area (Å²) in [6.07, 6.45) is 1.14. The first-order valence-corrected chi connectivity index (χ1v) is 2.08. The van der Waals surface area contributed by atoms with Crippen molar-refractivity contribution in [3.05, 3.63) is 0 Å². The molecular formula is C4H8N2O2. The standard InChI is InChI=1S/C4H8N2O2/c1-4(7)6-5-3-8-2/h3H,1-2H3,(H,6,7). The number of amides is 1. The molecule has 0 aliphatic heterocycles. The summed E-state index contributed by atoms with van der Waals surface area (Å²) in [5.41, 5.74) is 2.15. The first-order chi connectivity index (χ1) is 3.77. The van der Waals surface area contributed by atoms with Gasteiger partial charge in [0, 0.05) is 6.92 Å². The van der Waals surface area contributed by atoms with Crippen LogP contribution in [0.4, 0.5) is 0 Å². The fraction of sp³-hybridized carbons (Fsp3) is 0.500. The van der Waals surface area contributed by atoms with Crippen molar-refractivity contribution >= 4 is 12.3 Å². The average Bonchev–Trinajstić information content (AvgIpc) is 1.66. The van der Waals surface area contributed by atoms with Gasteiger partial charge >= 0.3 is 0 Å². The van der Waals surface area contributed by atoms with Gasteiger partial charge < -0.3 is 4.74 Å². The number of carbonyl (C=O) groups is 1. The maximum absolute atomic E-state index is 10.0. The van der Waals surface area contributed by atoms with E-state index in [9.17, 15) is 4.79 Å². The number of hydrogen-bond donors (Lipinski definition) is 1. The molecule has 46 valence electrons. The molecule has 0 rings (SSSR count). The first kappa shape index (κ1) is 6.94. The van der Waals surface area contributed by atoms with E-state index in [0.717, 1.165) is 6.40 Å². The van der Waals surface area contributed by atoms with Gasteiger partial charge in [-0.3, -0.25) is 4.79 Å². The topological polar surface area (TPSA) is 50.7 Å². The fourth-order valence-electron chi connectivity index (χ4n) is 0.170. The molecule has 0 unspecified atom stereocenters. The van der Waals surface area contributed by atoms with Crippen LogP contribution in [0.3, 0.4) is 0 Å². The van der Waals surface area contributed by atoms with Gasteiger partial charge in [-0.05, 0) is 0 Å². The molecule has 0 aromatic rings. The second-order valence-corrected chi connectivity index (χ2v) is 1.14. The van der Waals surface area contributed by atoms with E-state index >= 15 is 0 Å². The number of methoxy groups -OCH3 is 1. The molecule has 0 radical (unpaired) electrons. The maximum Gasteiger partial charge on any atom is 0.237 e. The summed E-state index contributed by atoms with van der Waals surface area (Å²) in [7, 11) is 1.45. The first-order valence-electron chi connectivity index (χ1n) is 2.08. The van der Waals surface area contributed by atoms with E-state index in [1.165, 1.54) is 14.0 Å². The quantitative estimate of drug-likeness (QED) is 0.306. The highest BCUT2D eigenvalue weighted by molar-refractivity contribution is 5.73. The molecule has 0 saturated heterocycles. The lowest BCUT2D eigenvalue weighted by Gasteiger charge is -1.87. The Labute approximate surface area is 47.5 Å². The minimum atomic E-state index is -0.210. The zero-order chi connectivity index (χ0) is 6.41. The summed E-state index contributed by atoms with van der Waals surface area (Å²) in [4.78, 5) is 10.0. The Kier molecular flexibility index (Phi) is 3.56. The molecule has 1 N–H and O–H groups in total. The van der Waals surface area contributed by atoms with Gasteiger partial charge in [0.2, 0.25) is 5.91 Å². The molecule has 0 aromatic carbocycles. The molecule has 8 heavy (non-hydrogen) atoms. The van der Waals surface area contributed by atoms with Crippen LogP contribution in [0, 0.1) is 0 Å². The van der Waals surface area contributed by atoms with Crippen molar-refractivity contribution in [2.24, 2.45) is 5.10 Å². The van der Waals surface area contributed by atoms with E-state index < -0.39 is 0 Å². The molecule has 0 atom stereocenters. The highest BCUT2D eigenvalue weighted by Gasteiger charge is 1.79. The molecular weight excluding hydrogens is 108 g/mol. The Hall–Kier alpha value is -1.06. The zero-order valence-corrected chi connectivity index (χ0v) is 4.84. The smallest absolute Gasteiger partial charge is 0.237 e. The van der Waals surface area contributed by atoms with Crippen molar-refractivity contribution in [2.45, 2.75) is 6.92 Å². The molecule has 0 saturated carbocycles. The van der Waals surface area contributed by atoms with Crippen LogP contribution < -0.4 is 5.43 Å². The highest BCUT2D eigenvalue weighted by atomic mass is 16.5. The van der Waals surface area contributed by atoms with Crippen molar-refractivity contribution < 1.29 is 9.53 Å². The molecule has 1 amide bonds. The van der Waals surface area contributed by atoms with Crippen molar-refractivity contribution in [1.29, 1.82) is 0 Å². The largest absolute Gasteiger partial charge is 0.485 e. The van der Waals surface area contributed by atoms with Crippen LogP contribution in [-0.4, -0.2) is 19.4 Å². The third-order valence-electron chi connectivity index (χ3n) is 0.380. The molecule has 4 heteroatoms. The number of ether oxygens (including phenoxy) is 1. The van der Waals surface area contributed by atoms with Crippen LogP contribution >= 0.6 is 0 Å². The van der Waals surface area contributed by atoms with Crippen molar-refractivity contribution in [3.63, 3.8) is 0 Å². The second-order valence-electron chi connectivity index (χ2n) is 1.14. The van der Waals surface area contributed by atoms with Gasteiger partial charge in [-0.1, -0.05) is 0 Å². The van der Waals surface area contributed by atoms with Crippen LogP contribution in [0.15, 0.2) is 5.10 Å². The lowest BCUT2D eigenvalue weighted by Crippen LogP contribution is -2.12. The lowest BCUT2D eigenvalue weighted by molar-refractivity contribution is -0.118. The average molecular weight is 116 g/mol. The van der Waals surface area contributed by atoms with Crippen molar-refractivity contribution in [2.75, 3.05) is 7.11 Å². The van der Waals surface area contributed by atoms with Crippen LogP contribution in [-0.2, 0) is 9.53 Å². The summed E-state index contributed by atoms with van der Waals surface area (Å²) in [5.74, 6) is -0.210. The minimum Gasteiger partial charge on any atom is -0.485 e. The molecule has 0 aliphatic rings. The Morgan fingerprint density at radius 2 is 2.50 bits per heavy atom. The van der Waals surface area contributed by atoms with Gasteiger partial charge in [0.05, 0.1) is 7.11 Å². The van der Waals surface area contributed by atoms with Crippen LogP contribution in [0.1, 0.15) is 6.92 Å². The van der Waals surface area contributed by atoms with Gasteiger partial charge in [-0.15, -0.1) is 5.10 Å². The van der Waals surface area contributed by atoms with Crippen LogP contribution in [0.2, 0.25) is 0 Å². The predicted octanol–water partition coefficient (Wildman–Crippen LogP) is -0.288. The molecule has 0 aromatic heterocycles. The third kappa shape index (κ3) is 4.94. The zero-order valence-electron chi connectivity index (χ0n) is 4.84. The third-order valence-corrected chi connectivity index (χ3v) is 0.380. The minimum absolute atomic E-state index is 0.210. The normalized spacial score (nSPS) is 9.25. The second kappa shape index (κ2) is 4.11. The van der Waals surface area contributed by atoms with Gasteiger partial charge in [0.1, 0.15) is 0 Å². The predicted molar refractivity (Wildman–Crippen MR) is 29.3 cm³/mol. The van der Waals surface area contributed by atoms with Crippen molar-refractivity contribution in [1.82, 2.24) is 5.43 Å². The number of hydrogen-bond acceptors (Lipinski definition) is 3. The SMILES string of the molecule is COC=NNC(C)=O. The van der Waals surface area contributed by atoms with E-state index in [2.05, 4.69) is 15.3 Å². The van der Waals surface area contributed by atoms with Gasteiger partial charge in [0.25, 0.3) is 0 Å². The summed E-state index contributed by atoms with van der Waals surface area (Å²) in [5, 5.41) is 3.34. The molecule has 0 fully saturated rings. The number of nitrogens with one attached hydrogen (secondary N) is 1. The summed E-state index contributed by atoms with van der Waals surface area (Å²) in [6, 6.07) is 0. The Balaban J connectivity index is 3.16. The maximum atomic E-state index is 10.0. The Morgan fingerprint density at radius 1 is 1.88 bits per heavy atom. The Bertz CT molecular complexity index is 100. The number of carbonyl (C=O) groups excluding carboxylic acids is 1. The van der Waals surface area contributed by atoms with E-state index in [1.54, 1.807) is 0 Å². The number of nitrogens with zero attached hydrogens (tertiary/aromatic N) is 1. The molecule has 0 spiro atoms. The van der Waals surface area contributed by atoms with E-state index in [1.807, 2.05) is 0 Å². The van der Waals surface area contributed by atoms with E-state index in [4.69, 9.17) is 0 Å². The summed E-state index contributed by atoms with van der Waals surface area (Å²) < 4.78 is 4.39. The van der Waals surface area contributed by atoms with Gasteiger partial charge in [-0.25, -0.2) is 5.43 Å². The van der Waals surface area contributed by atoms with E-state index in [-0.39, 0.29) is 5.91 Å². The molecule has 4 nitrogen and oxygen atoms in total. The molecule has 0 heterocycles.